The third-order valence-corrected chi connectivity index (χ3v) is 3.11. The summed E-state index contributed by atoms with van der Waals surface area (Å²) in [5.41, 5.74) is 5.38. The molecule has 1 atom stereocenters. The van der Waals surface area contributed by atoms with Gasteiger partial charge in [-0.15, -0.1) is 11.8 Å². The Balaban J connectivity index is 2.39. The van der Waals surface area contributed by atoms with Gasteiger partial charge in [-0.2, -0.15) is 0 Å². The van der Waals surface area contributed by atoms with Crippen molar-refractivity contribution in [1.29, 1.82) is 0 Å². The molecular weight excluding hydrogens is 278 g/mol. The van der Waals surface area contributed by atoms with Crippen molar-refractivity contribution < 1.29 is 23.5 Å². The lowest BCUT2D eigenvalue weighted by Gasteiger charge is -2.07. The molecule has 0 radical (unpaired) electrons. The number of hydrogen-bond donors (Lipinski definition) is 3. The largest absolute Gasteiger partial charge is 0.480 e. The SMILES string of the molecule is NC(CSCC(=O)Nc1ccc(F)c(F)c1)C(=O)O. The van der Waals surface area contributed by atoms with Crippen LogP contribution in [0.3, 0.4) is 0 Å². The number of hydrogen-bond acceptors (Lipinski definition) is 4. The molecule has 4 N–H and O–H groups in total. The van der Waals surface area contributed by atoms with Crippen LogP contribution in [0.5, 0.6) is 0 Å². The minimum Gasteiger partial charge on any atom is -0.480 e. The van der Waals surface area contributed by atoms with Gasteiger partial charge in [0, 0.05) is 17.5 Å². The molecule has 1 unspecified atom stereocenters. The first-order valence-corrected chi connectivity index (χ1v) is 6.36. The number of thioether (sulfide) groups is 1. The summed E-state index contributed by atoms with van der Waals surface area (Å²) in [6.07, 6.45) is 0. The summed E-state index contributed by atoms with van der Waals surface area (Å²) in [6, 6.07) is 1.95. The van der Waals surface area contributed by atoms with E-state index >= 15 is 0 Å². The summed E-state index contributed by atoms with van der Waals surface area (Å²) in [7, 11) is 0. The molecule has 0 aliphatic carbocycles. The number of carboxylic acids is 1. The van der Waals surface area contributed by atoms with E-state index in [0.717, 1.165) is 23.9 Å². The first kappa shape index (κ1) is 15.4. The van der Waals surface area contributed by atoms with Gasteiger partial charge in [-0.05, 0) is 12.1 Å². The summed E-state index contributed by atoms with van der Waals surface area (Å²) < 4.78 is 25.5. The zero-order valence-corrected chi connectivity index (χ0v) is 10.5. The summed E-state index contributed by atoms with van der Waals surface area (Å²) in [6.45, 7) is 0. The fraction of sp³-hybridized carbons (Fsp3) is 0.273. The quantitative estimate of drug-likeness (QED) is 0.728. The summed E-state index contributed by atoms with van der Waals surface area (Å²) in [5, 5.41) is 10.9. The zero-order valence-electron chi connectivity index (χ0n) is 9.73. The Hall–Kier alpha value is -1.67. The van der Waals surface area contributed by atoms with Gasteiger partial charge in [-0.1, -0.05) is 0 Å². The molecule has 0 saturated heterocycles. The average molecular weight is 290 g/mol. The number of carboxylic acid groups (broad SMARTS) is 1. The van der Waals surface area contributed by atoms with E-state index in [0.29, 0.717) is 0 Å². The lowest BCUT2D eigenvalue weighted by atomic mass is 10.3. The Bertz CT molecular complexity index is 485. The maximum Gasteiger partial charge on any atom is 0.321 e. The van der Waals surface area contributed by atoms with E-state index in [2.05, 4.69) is 5.32 Å². The second-order valence-electron chi connectivity index (χ2n) is 3.64. The van der Waals surface area contributed by atoms with E-state index < -0.39 is 29.6 Å². The maximum atomic E-state index is 12.9. The van der Waals surface area contributed by atoms with Crippen molar-refractivity contribution in [3.05, 3.63) is 29.8 Å². The zero-order chi connectivity index (χ0) is 14.4. The Labute approximate surface area is 112 Å². The second kappa shape index (κ2) is 7.05. The minimum absolute atomic E-state index is 0.0278. The molecule has 0 saturated carbocycles. The van der Waals surface area contributed by atoms with Gasteiger partial charge >= 0.3 is 5.97 Å². The molecule has 104 valence electrons. The summed E-state index contributed by atoms with van der Waals surface area (Å²) >= 11 is 1.04. The lowest BCUT2D eigenvalue weighted by Crippen LogP contribution is -2.33. The van der Waals surface area contributed by atoms with Gasteiger partial charge in [0.1, 0.15) is 6.04 Å². The van der Waals surface area contributed by atoms with Crippen molar-refractivity contribution in [1.82, 2.24) is 0 Å². The highest BCUT2D eigenvalue weighted by atomic mass is 32.2. The molecule has 0 aliphatic rings. The monoisotopic (exact) mass is 290 g/mol. The van der Waals surface area contributed by atoms with Crippen molar-refractivity contribution >= 4 is 29.3 Å². The van der Waals surface area contributed by atoms with Crippen LogP contribution < -0.4 is 11.1 Å². The van der Waals surface area contributed by atoms with Crippen molar-refractivity contribution in [3.63, 3.8) is 0 Å². The topological polar surface area (TPSA) is 92.4 Å². The van der Waals surface area contributed by atoms with Crippen LogP contribution in [0.1, 0.15) is 0 Å². The molecule has 19 heavy (non-hydrogen) atoms. The summed E-state index contributed by atoms with van der Waals surface area (Å²) in [4.78, 5) is 21.8. The molecule has 0 aromatic heterocycles. The molecular formula is C11H12F2N2O3S. The van der Waals surface area contributed by atoms with E-state index in [4.69, 9.17) is 10.8 Å². The van der Waals surface area contributed by atoms with Crippen LogP contribution >= 0.6 is 11.8 Å². The minimum atomic E-state index is -1.14. The van der Waals surface area contributed by atoms with Crippen LogP contribution in [0.4, 0.5) is 14.5 Å². The first-order chi connectivity index (χ1) is 8.90. The van der Waals surface area contributed by atoms with Crippen LogP contribution in [0.2, 0.25) is 0 Å². The van der Waals surface area contributed by atoms with Crippen molar-refractivity contribution in [2.24, 2.45) is 5.73 Å². The van der Waals surface area contributed by atoms with Crippen LogP contribution in [0, 0.1) is 11.6 Å². The number of benzene rings is 1. The molecule has 0 fully saturated rings. The number of nitrogens with one attached hydrogen (secondary N) is 1. The molecule has 1 rings (SSSR count). The normalized spacial score (nSPS) is 11.9. The second-order valence-corrected chi connectivity index (χ2v) is 4.67. The molecule has 0 spiro atoms. The number of rotatable bonds is 6. The molecule has 8 heteroatoms. The Morgan fingerprint density at radius 3 is 2.63 bits per heavy atom. The first-order valence-electron chi connectivity index (χ1n) is 5.21. The van der Waals surface area contributed by atoms with Gasteiger partial charge in [-0.25, -0.2) is 8.78 Å². The Kier molecular flexibility index (Phi) is 5.71. The van der Waals surface area contributed by atoms with Gasteiger partial charge in [0.2, 0.25) is 5.91 Å². The molecule has 0 heterocycles. The summed E-state index contributed by atoms with van der Waals surface area (Å²) in [5.74, 6) is -3.60. The highest BCUT2D eigenvalue weighted by molar-refractivity contribution is 8.00. The number of halogens is 2. The van der Waals surface area contributed by atoms with E-state index in [1.165, 1.54) is 6.07 Å². The molecule has 0 aliphatic heterocycles. The van der Waals surface area contributed by atoms with Crippen LogP contribution in [-0.2, 0) is 9.59 Å². The highest BCUT2D eigenvalue weighted by Crippen LogP contribution is 2.13. The van der Waals surface area contributed by atoms with Gasteiger partial charge in [0.15, 0.2) is 11.6 Å². The predicted octanol–water partition coefficient (Wildman–Crippen LogP) is 1.05. The average Bonchev–Trinajstić information content (AvgIpc) is 2.33. The van der Waals surface area contributed by atoms with E-state index in [9.17, 15) is 18.4 Å². The molecule has 1 aromatic carbocycles. The van der Waals surface area contributed by atoms with E-state index in [-0.39, 0.29) is 17.2 Å². The fourth-order valence-electron chi connectivity index (χ4n) is 1.12. The number of anilines is 1. The van der Waals surface area contributed by atoms with Crippen molar-refractivity contribution in [2.75, 3.05) is 16.8 Å². The third kappa shape index (κ3) is 5.23. The molecule has 1 aromatic rings. The predicted molar refractivity (Wildman–Crippen MR) is 67.9 cm³/mol. The van der Waals surface area contributed by atoms with Crippen molar-refractivity contribution in [2.45, 2.75) is 6.04 Å². The van der Waals surface area contributed by atoms with Crippen LogP contribution in [0.15, 0.2) is 18.2 Å². The smallest absolute Gasteiger partial charge is 0.321 e. The Morgan fingerprint density at radius 1 is 1.37 bits per heavy atom. The number of carbonyl (C=O) groups excluding carboxylic acids is 1. The number of carbonyl (C=O) groups is 2. The highest BCUT2D eigenvalue weighted by Gasteiger charge is 2.12. The molecule has 5 nitrogen and oxygen atoms in total. The van der Waals surface area contributed by atoms with Gasteiger partial charge < -0.3 is 16.2 Å². The molecule has 1 amide bonds. The Morgan fingerprint density at radius 2 is 2.05 bits per heavy atom. The van der Waals surface area contributed by atoms with E-state index in [1.807, 2.05) is 0 Å². The van der Waals surface area contributed by atoms with Crippen molar-refractivity contribution in [3.8, 4) is 0 Å². The number of nitrogens with two attached hydrogens (primary N) is 1. The van der Waals surface area contributed by atoms with Crippen LogP contribution in [-0.4, -0.2) is 34.5 Å². The number of amides is 1. The lowest BCUT2D eigenvalue weighted by molar-refractivity contribution is -0.137. The van der Waals surface area contributed by atoms with Gasteiger partial charge in [0.25, 0.3) is 0 Å². The van der Waals surface area contributed by atoms with Gasteiger partial charge in [0.05, 0.1) is 5.75 Å². The fourth-order valence-corrected chi connectivity index (χ4v) is 1.89. The molecule has 0 bridgehead atoms. The number of aliphatic carboxylic acids is 1. The van der Waals surface area contributed by atoms with Crippen LogP contribution in [0.25, 0.3) is 0 Å². The standard InChI is InChI=1S/C11H12F2N2O3S/c12-7-2-1-6(3-8(7)13)15-10(16)5-19-4-9(14)11(17)18/h1-3,9H,4-5,14H2,(H,15,16)(H,17,18). The maximum absolute atomic E-state index is 12.9. The van der Waals surface area contributed by atoms with Gasteiger partial charge in [-0.3, -0.25) is 9.59 Å². The van der Waals surface area contributed by atoms with E-state index in [1.54, 1.807) is 0 Å². The third-order valence-electron chi connectivity index (χ3n) is 2.05.